The molecule has 90 valence electrons. The van der Waals surface area contributed by atoms with E-state index >= 15 is 0 Å². The van der Waals surface area contributed by atoms with Gasteiger partial charge in [0.05, 0.1) is 0 Å². The van der Waals surface area contributed by atoms with Crippen LogP contribution in [0.25, 0.3) is 0 Å². The molecule has 1 aromatic rings. The third kappa shape index (κ3) is 3.60. The maximum Gasteiger partial charge on any atom is 0.0323 e. The zero-order chi connectivity index (χ0) is 10.7. The molecule has 0 unspecified atom stereocenters. The Balaban J connectivity index is 0.00000128. The molecule has 1 aliphatic rings. The van der Waals surface area contributed by atoms with E-state index in [0.717, 1.165) is 0 Å². The molecule has 0 saturated heterocycles. The molecular weight excluding hydrogens is 333 g/mol. The molecule has 2 N–H and O–H groups in total. The zero-order valence-corrected chi connectivity index (χ0v) is 12.3. The van der Waals surface area contributed by atoms with Crippen LogP contribution >= 0.6 is 35.0 Å². The maximum absolute atomic E-state index is 6.32. The van der Waals surface area contributed by atoms with Crippen LogP contribution in [0.4, 0.5) is 0 Å². The second kappa shape index (κ2) is 6.82. The highest BCUT2D eigenvalue weighted by Gasteiger charge is 2.21. The summed E-state index contributed by atoms with van der Waals surface area (Å²) < 4.78 is 1.28. The molecule has 1 aliphatic carbocycles. The summed E-state index contributed by atoms with van der Waals surface area (Å²) in [6, 6.07) is 8.92. The van der Waals surface area contributed by atoms with Crippen LogP contribution in [0.2, 0.25) is 0 Å². The van der Waals surface area contributed by atoms with Gasteiger partial charge in [0, 0.05) is 9.61 Å². The summed E-state index contributed by atoms with van der Waals surface area (Å²) in [5.74, 6) is 0.707. The van der Waals surface area contributed by atoms with Gasteiger partial charge in [-0.1, -0.05) is 31.4 Å². The van der Waals surface area contributed by atoms with E-state index < -0.39 is 0 Å². The van der Waals surface area contributed by atoms with Crippen LogP contribution < -0.4 is 5.73 Å². The summed E-state index contributed by atoms with van der Waals surface area (Å²) in [5.41, 5.74) is 7.63. The predicted molar refractivity (Wildman–Crippen MR) is 79.9 cm³/mol. The summed E-state index contributed by atoms with van der Waals surface area (Å²) in [5, 5.41) is 0. The highest BCUT2D eigenvalue weighted by molar-refractivity contribution is 14.1. The van der Waals surface area contributed by atoms with Crippen molar-refractivity contribution >= 4 is 35.0 Å². The molecule has 2 rings (SSSR count). The van der Waals surface area contributed by atoms with E-state index in [1.807, 2.05) is 0 Å². The van der Waals surface area contributed by atoms with Crippen molar-refractivity contribution in [2.24, 2.45) is 11.7 Å². The highest BCUT2D eigenvalue weighted by Crippen LogP contribution is 2.32. The van der Waals surface area contributed by atoms with E-state index in [1.54, 1.807) is 0 Å². The lowest BCUT2D eigenvalue weighted by molar-refractivity contribution is 0.308. The average molecular weight is 352 g/mol. The quantitative estimate of drug-likeness (QED) is 0.790. The Kier molecular flexibility index (Phi) is 6.08. The Hall–Kier alpha value is 0.200. The monoisotopic (exact) mass is 351 g/mol. The van der Waals surface area contributed by atoms with Crippen LogP contribution in [0.5, 0.6) is 0 Å². The first-order chi connectivity index (χ1) is 7.27. The topological polar surface area (TPSA) is 26.0 Å². The first-order valence-corrected chi connectivity index (χ1v) is 6.86. The maximum atomic E-state index is 6.32. The molecule has 0 aliphatic heterocycles. The second-order valence-electron chi connectivity index (χ2n) is 4.48. The Morgan fingerprint density at radius 2 is 1.62 bits per heavy atom. The second-order valence-corrected chi connectivity index (χ2v) is 5.72. The van der Waals surface area contributed by atoms with E-state index in [-0.39, 0.29) is 18.4 Å². The van der Waals surface area contributed by atoms with Crippen LogP contribution in [0.1, 0.15) is 43.7 Å². The summed E-state index contributed by atoms with van der Waals surface area (Å²) in [4.78, 5) is 0. The molecule has 1 aromatic carbocycles. The van der Waals surface area contributed by atoms with Crippen LogP contribution in [-0.4, -0.2) is 0 Å². The summed E-state index contributed by atoms with van der Waals surface area (Å²) in [6.45, 7) is 0. The van der Waals surface area contributed by atoms with Crippen LogP contribution in [0.3, 0.4) is 0 Å². The SMILES string of the molecule is Cl.N[C@@H](c1ccc(I)cc1)C1CCCCC1. The molecule has 1 nitrogen and oxygen atoms in total. The van der Waals surface area contributed by atoms with Crippen molar-refractivity contribution in [2.75, 3.05) is 0 Å². The average Bonchev–Trinajstić information content (AvgIpc) is 2.30. The van der Waals surface area contributed by atoms with Crippen LogP contribution in [-0.2, 0) is 0 Å². The summed E-state index contributed by atoms with van der Waals surface area (Å²) in [6.07, 6.45) is 6.75. The molecule has 0 amide bonds. The number of rotatable bonds is 2. The molecule has 1 atom stereocenters. The van der Waals surface area contributed by atoms with Gasteiger partial charge in [0.2, 0.25) is 0 Å². The molecule has 3 heteroatoms. The molecule has 0 spiro atoms. The van der Waals surface area contributed by atoms with Crippen molar-refractivity contribution in [3.05, 3.63) is 33.4 Å². The van der Waals surface area contributed by atoms with Crippen molar-refractivity contribution in [2.45, 2.75) is 38.1 Å². The molecule has 0 heterocycles. The molecule has 0 radical (unpaired) electrons. The minimum atomic E-state index is 0. The van der Waals surface area contributed by atoms with E-state index in [2.05, 4.69) is 46.9 Å². The molecule has 1 saturated carbocycles. The lowest BCUT2D eigenvalue weighted by Crippen LogP contribution is -2.23. The van der Waals surface area contributed by atoms with Crippen LogP contribution in [0.15, 0.2) is 24.3 Å². The first kappa shape index (κ1) is 14.3. The molecule has 0 aromatic heterocycles. The van der Waals surface area contributed by atoms with Gasteiger partial charge in [-0.2, -0.15) is 0 Å². The third-order valence-electron chi connectivity index (χ3n) is 3.41. The normalized spacial score (nSPS) is 18.9. The van der Waals surface area contributed by atoms with Gasteiger partial charge in [0.1, 0.15) is 0 Å². The van der Waals surface area contributed by atoms with Crippen molar-refractivity contribution in [3.8, 4) is 0 Å². The van der Waals surface area contributed by atoms with Gasteiger partial charge in [0.25, 0.3) is 0 Å². The van der Waals surface area contributed by atoms with E-state index in [9.17, 15) is 0 Å². The molecular formula is C13H19ClIN. The van der Waals surface area contributed by atoms with Gasteiger partial charge in [-0.15, -0.1) is 12.4 Å². The third-order valence-corrected chi connectivity index (χ3v) is 4.13. The fraction of sp³-hybridized carbons (Fsp3) is 0.538. The Morgan fingerprint density at radius 1 is 1.06 bits per heavy atom. The number of hydrogen-bond donors (Lipinski definition) is 1. The van der Waals surface area contributed by atoms with Gasteiger partial charge in [0.15, 0.2) is 0 Å². The van der Waals surface area contributed by atoms with Gasteiger partial charge in [-0.3, -0.25) is 0 Å². The van der Waals surface area contributed by atoms with Crippen molar-refractivity contribution in [3.63, 3.8) is 0 Å². The molecule has 16 heavy (non-hydrogen) atoms. The minimum absolute atomic E-state index is 0. The fourth-order valence-corrected chi connectivity index (χ4v) is 2.81. The lowest BCUT2D eigenvalue weighted by Gasteiger charge is -2.27. The largest absolute Gasteiger partial charge is 0.324 e. The minimum Gasteiger partial charge on any atom is -0.324 e. The summed E-state index contributed by atoms with van der Waals surface area (Å²) >= 11 is 2.33. The standard InChI is InChI=1S/C13H18IN.ClH/c14-12-8-6-11(7-9-12)13(15)10-4-2-1-3-5-10;/h6-10,13H,1-5,15H2;1H/t13-;/m1./s1. The van der Waals surface area contributed by atoms with Gasteiger partial charge in [-0.25, -0.2) is 0 Å². The van der Waals surface area contributed by atoms with Crippen molar-refractivity contribution in [1.82, 2.24) is 0 Å². The van der Waals surface area contributed by atoms with E-state index in [0.29, 0.717) is 5.92 Å². The Morgan fingerprint density at radius 3 is 2.19 bits per heavy atom. The zero-order valence-electron chi connectivity index (χ0n) is 9.36. The molecule has 1 fully saturated rings. The van der Waals surface area contributed by atoms with Crippen molar-refractivity contribution in [1.29, 1.82) is 0 Å². The fourth-order valence-electron chi connectivity index (χ4n) is 2.45. The van der Waals surface area contributed by atoms with E-state index in [4.69, 9.17) is 5.73 Å². The Labute approximate surface area is 118 Å². The number of hydrogen-bond acceptors (Lipinski definition) is 1. The van der Waals surface area contributed by atoms with Crippen molar-refractivity contribution < 1.29 is 0 Å². The molecule has 0 bridgehead atoms. The van der Waals surface area contributed by atoms with Gasteiger partial charge >= 0.3 is 0 Å². The number of benzene rings is 1. The summed E-state index contributed by atoms with van der Waals surface area (Å²) in [7, 11) is 0. The lowest BCUT2D eigenvalue weighted by atomic mass is 9.82. The highest BCUT2D eigenvalue weighted by atomic mass is 127. The number of nitrogens with two attached hydrogens (primary N) is 1. The number of halogens is 2. The van der Waals surface area contributed by atoms with E-state index in [1.165, 1.54) is 41.2 Å². The first-order valence-electron chi connectivity index (χ1n) is 5.78. The van der Waals surface area contributed by atoms with Gasteiger partial charge in [-0.05, 0) is 59.0 Å². The van der Waals surface area contributed by atoms with Crippen LogP contribution in [0, 0.1) is 9.49 Å². The Bertz CT molecular complexity index is 306. The predicted octanol–water partition coefficient (Wildman–Crippen LogP) is 4.29. The van der Waals surface area contributed by atoms with Gasteiger partial charge < -0.3 is 5.73 Å². The smallest absolute Gasteiger partial charge is 0.0323 e.